The average molecular weight is 298 g/mol. The van der Waals surface area contributed by atoms with Crippen molar-refractivity contribution in [3.63, 3.8) is 0 Å². The molecule has 0 saturated carbocycles. The Bertz CT molecular complexity index is 828. The van der Waals surface area contributed by atoms with Crippen LogP contribution in [0.25, 0.3) is 10.8 Å². The van der Waals surface area contributed by atoms with E-state index in [9.17, 15) is 19.5 Å². The lowest BCUT2D eigenvalue weighted by Gasteiger charge is -2.27. The standard InChI is InChI=1S/C16H14N2O4/c1-3-17(9(2)19)18-15(21)12-8-13(20)10-6-4-5-7-11(10)14(12)16(18)22/h4-8,20H,3H2,1-2H3. The van der Waals surface area contributed by atoms with Crippen LogP contribution in [-0.2, 0) is 4.79 Å². The van der Waals surface area contributed by atoms with Crippen LogP contribution < -0.4 is 0 Å². The lowest BCUT2D eigenvalue weighted by Crippen LogP contribution is -2.48. The normalized spacial score (nSPS) is 13.6. The van der Waals surface area contributed by atoms with E-state index in [0.717, 1.165) is 10.0 Å². The summed E-state index contributed by atoms with van der Waals surface area (Å²) in [5, 5.41) is 13.0. The number of imide groups is 1. The number of fused-ring (bicyclic) bond motifs is 3. The van der Waals surface area contributed by atoms with E-state index < -0.39 is 17.7 Å². The number of carbonyl (C=O) groups is 3. The highest BCUT2D eigenvalue weighted by atomic mass is 16.3. The van der Waals surface area contributed by atoms with E-state index in [2.05, 4.69) is 0 Å². The van der Waals surface area contributed by atoms with E-state index in [1.165, 1.54) is 13.0 Å². The molecule has 1 N–H and O–H groups in total. The van der Waals surface area contributed by atoms with Crippen molar-refractivity contribution in [3.05, 3.63) is 41.5 Å². The molecule has 2 aromatic carbocycles. The van der Waals surface area contributed by atoms with Gasteiger partial charge in [0.2, 0.25) is 5.91 Å². The predicted molar refractivity (Wildman–Crippen MR) is 79.2 cm³/mol. The molecule has 22 heavy (non-hydrogen) atoms. The van der Waals surface area contributed by atoms with Crippen LogP contribution in [-0.4, -0.2) is 39.4 Å². The van der Waals surface area contributed by atoms with Crippen molar-refractivity contribution in [2.24, 2.45) is 0 Å². The van der Waals surface area contributed by atoms with Gasteiger partial charge in [0.25, 0.3) is 11.8 Å². The molecule has 0 fully saturated rings. The molecule has 0 aliphatic carbocycles. The number of amides is 3. The summed E-state index contributed by atoms with van der Waals surface area (Å²) in [4.78, 5) is 36.8. The Kier molecular flexibility index (Phi) is 3.09. The van der Waals surface area contributed by atoms with E-state index in [1.54, 1.807) is 31.2 Å². The molecule has 0 atom stereocenters. The maximum Gasteiger partial charge on any atom is 0.281 e. The van der Waals surface area contributed by atoms with E-state index in [4.69, 9.17) is 0 Å². The SMILES string of the molecule is CCN(C(C)=O)N1C(=O)c2cc(O)c3ccccc3c2C1=O. The first kappa shape index (κ1) is 14.1. The Balaban J connectivity index is 2.26. The number of nitrogens with zero attached hydrogens (tertiary/aromatic N) is 2. The molecule has 3 amide bonds. The van der Waals surface area contributed by atoms with Gasteiger partial charge in [0.15, 0.2) is 0 Å². The maximum atomic E-state index is 12.7. The van der Waals surface area contributed by atoms with Gasteiger partial charge in [-0.1, -0.05) is 24.3 Å². The van der Waals surface area contributed by atoms with Gasteiger partial charge in [0.05, 0.1) is 11.1 Å². The summed E-state index contributed by atoms with van der Waals surface area (Å²) in [5.74, 6) is -1.61. The Hall–Kier alpha value is -2.89. The van der Waals surface area contributed by atoms with E-state index in [1.807, 2.05) is 0 Å². The van der Waals surface area contributed by atoms with Crippen LogP contribution in [0.15, 0.2) is 30.3 Å². The number of phenols is 1. The van der Waals surface area contributed by atoms with Gasteiger partial charge in [-0.25, -0.2) is 5.01 Å². The molecule has 112 valence electrons. The van der Waals surface area contributed by atoms with Gasteiger partial charge in [-0.2, -0.15) is 5.01 Å². The zero-order valence-corrected chi connectivity index (χ0v) is 12.2. The minimum Gasteiger partial charge on any atom is -0.507 e. The summed E-state index contributed by atoms with van der Waals surface area (Å²) in [6.45, 7) is 3.17. The fourth-order valence-corrected chi connectivity index (χ4v) is 2.79. The highest BCUT2D eigenvalue weighted by Gasteiger charge is 2.41. The molecule has 3 rings (SSSR count). The van der Waals surface area contributed by atoms with Gasteiger partial charge in [0, 0.05) is 18.9 Å². The molecular formula is C16H14N2O4. The minimum atomic E-state index is -0.599. The summed E-state index contributed by atoms with van der Waals surface area (Å²) in [6, 6.07) is 8.10. The van der Waals surface area contributed by atoms with Crippen LogP contribution in [0.4, 0.5) is 0 Å². The molecule has 0 aromatic heterocycles. The van der Waals surface area contributed by atoms with Gasteiger partial charge in [-0.3, -0.25) is 14.4 Å². The summed E-state index contributed by atoms with van der Waals surface area (Å²) in [7, 11) is 0. The van der Waals surface area contributed by atoms with Crippen LogP contribution >= 0.6 is 0 Å². The Labute approximate surface area is 126 Å². The second-order valence-electron chi connectivity index (χ2n) is 5.02. The number of benzene rings is 2. The highest BCUT2D eigenvalue weighted by Crippen LogP contribution is 2.36. The van der Waals surface area contributed by atoms with Crippen molar-refractivity contribution < 1.29 is 19.5 Å². The molecular weight excluding hydrogens is 284 g/mol. The number of hydrogen-bond donors (Lipinski definition) is 1. The van der Waals surface area contributed by atoms with Gasteiger partial charge in [0.1, 0.15) is 5.75 Å². The molecule has 6 heteroatoms. The fraction of sp³-hybridized carbons (Fsp3) is 0.188. The number of phenolic OH excluding ortho intramolecular Hbond substituents is 1. The van der Waals surface area contributed by atoms with Crippen LogP contribution in [0.5, 0.6) is 5.75 Å². The fourth-order valence-electron chi connectivity index (χ4n) is 2.79. The van der Waals surface area contributed by atoms with Crippen molar-refractivity contribution in [1.82, 2.24) is 10.0 Å². The first-order chi connectivity index (χ1) is 10.5. The largest absolute Gasteiger partial charge is 0.507 e. The number of hydrazine groups is 1. The van der Waals surface area contributed by atoms with Crippen molar-refractivity contribution in [1.29, 1.82) is 0 Å². The van der Waals surface area contributed by atoms with Gasteiger partial charge in [-0.05, 0) is 18.4 Å². The topological polar surface area (TPSA) is 77.9 Å². The zero-order chi connectivity index (χ0) is 16.0. The predicted octanol–water partition coefficient (Wildman–Crippen LogP) is 1.92. The number of rotatable bonds is 2. The second-order valence-corrected chi connectivity index (χ2v) is 5.02. The molecule has 0 spiro atoms. The monoisotopic (exact) mass is 298 g/mol. The Morgan fingerprint density at radius 2 is 1.82 bits per heavy atom. The van der Waals surface area contributed by atoms with Crippen molar-refractivity contribution in [2.75, 3.05) is 6.54 Å². The number of hydrogen-bond acceptors (Lipinski definition) is 4. The van der Waals surface area contributed by atoms with Gasteiger partial charge < -0.3 is 5.11 Å². The summed E-state index contributed by atoms with van der Waals surface area (Å²) >= 11 is 0. The summed E-state index contributed by atoms with van der Waals surface area (Å²) in [6.07, 6.45) is 0. The van der Waals surface area contributed by atoms with Crippen molar-refractivity contribution in [3.8, 4) is 5.75 Å². The van der Waals surface area contributed by atoms with E-state index in [-0.39, 0.29) is 23.4 Å². The summed E-state index contributed by atoms with van der Waals surface area (Å²) < 4.78 is 0. The number of carbonyl (C=O) groups excluding carboxylic acids is 3. The van der Waals surface area contributed by atoms with Gasteiger partial charge >= 0.3 is 0 Å². The maximum absolute atomic E-state index is 12.7. The third-order valence-corrected chi connectivity index (χ3v) is 3.76. The molecule has 0 unspecified atom stereocenters. The lowest BCUT2D eigenvalue weighted by atomic mass is 9.99. The summed E-state index contributed by atoms with van der Waals surface area (Å²) in [5.41, 5.74) is 0.332. The Morgan fingerprint density at radius 1 is 1.18 bits per heavy atom. The quantitative estimate of drug-likeness (QED) is 0.859. The minimum absolute atomic E-state index is 0.0665. The highest BCUT2D eigenvalue weighted by molar-refractivity contribution is 6.27. The van der Waals surface area contributed by atoms with Crippen LogP contribution in [0.3, 0.4) is 0 Å². The molecule has 0 bridgehead atoms. The molecule has 1 heterocycles. The van der Waals surface area contributed by atoms with Crippen LogP contribution in [0.1, 0.15) is 34.6 Å². The third-order valence-electron chi connectivity index (χ3n) is 3.76. The van der Waals surface area contributed by atoms with Crippen LogP contribution in [0.2, 0.25) is 0 Å². The van der Waals surface area contributed by atoms with Crippen molar-refractivity contribution >= 4 is 28.5 Å². The van der Waals surface area contributed by atoms with Crippen LogP contribution in [0, 0.1) is 0 Å². The van der Waals surface area contributed by atoms with E-state index in [0.29, 0.717) is 10.8 Å². The molecule has 1 aliphatic rings. The zero-order valence-electron chi connectivity index (χ0n) is 12.2. The van der Waals surface area contributed by atoms with E-state index >= 15 is 0 Å². The smallest absolute Gasteiger partial charge is 0.281 e. The number of aromatic hydroxyl groups is 1. The third kappa shape index (κ3) is 1.77. The molecule has 1 aliphatic heterocycles. The Morgan fingerprint density at radius 3 is 2.41 bits per heavy atom. The second kappa shape index (κ2) is 4.84. The first-order valence-electron chi connectivity index (χ1n) is 6.88. The molecule has 0 radical (unpaired) electrons. The first-order valence-corrected chi connectivity index (χ1v) is 6.88. The lowest BCUT2D eigenvalue weighted by molar-refractivity contribution is -0.138. The van der Waals surface area contributed by atoms with Gasteiger partial charge in [-0.15, -0.1) is 0 Å². The average Bonchev–Trinajstić information content (AvgIpc) is 2.73. The molecule has 6 nitrogen and oxygen atoms in total. The molecule has 2 aromatic rings. The van der Waals surface area contributed by atoms with Crippen molar-refractivity contribution in [2.45, 2.75) is 13.8 Å². The molecule has 0 saturated heterocycles.